The van der Waals surface area contributed by atoms with Gasteiger partial charge in [0.25, 0.3) is 0 Å². The molecule has 0 unspecified atom stereocenters. The third-order valence-electron chi connectivity index (χ3n) is 2.67. The predicted molar refractivity (Wildman–Crippen MR) is 68.0 cm³/mol. The number of hydrogen-bond donors (Lipinski definition) is 1. The monoisotopic (exact) mass is 277 g/mol. The summed E-state index contributed by atoms with van der Waals surface area (Å²) < 4.78 is 40.1. The van der Waals surface area contributed by atoms with E-state index in [0.29, 0.717) is 22.6 Å². The predicted octanol–water partition coefficient (Wildman–Crippen LogP) is 2.60. The van der Waals surface area contributed by atoms with Crippen LogP contribution >= 0.6 is 0 Å². The Morgan fingerprint density at radius 2 is 1.79 bits per heavy atom. The van der Waals surface area contributed by atoms with Crippen LogP contribution in [-0.2, 0) is 10.7 Å². The van der Waals surface area contributed by atoms with Crippen LogP contribution in [0.25, 0.3) is 22.6 Å². The van der Waals surface area contributed by atoms with Gasteiger partial charge in [-0.15, -0.1) is 0 Å². The average Bonchev–Trinajstić information content (AvgIpc) is 2.82. The van der Waals surface area contributed by atoms with Gasteiger partial charge in [0.15, 0.2) is 16.3 Å². The van der Waals surface area contributed by atoms with Crippen LogP contribution in [0.1, 0.15) is 0 Å². The molecule has 4 nitrogen and oxygen atoms in total. The molecular formula is C13H8FNO3S. The van der Waals surface area contributed by atoms with Crippen molar-refractivity contribution in [2.75, 3.05) is 0 Å². The highest BCUT2D eigenvalue weighted by Crippen LogP contribution is 2.25. The van der Waals surface area contributed by atoms with Gasteiger partial charge in [0.05, 0.1) is 4.90 Å². The highest BCUT2D eigenvalue weighted by Gasteiger charge is 2.09. The van der Waals surface area contributed by atoms with E-state index in [1.54, 1.807) is 18.2 Å². The van der Waals surface area contributed by atoms with Crippen molar-refractivity contribution >= 4 is 21.8 Å². The molecule has 96 valence electrons. The smallest absolute Gasteiger partial charge is 0.227 e. The largest absolute Gasteiger partial charge is 0.436 e. The van der Waals surface area contributed by atoms with E-state index in [1.807, 2.05) is 0 Å². The Bertz CT molecular complexity index is 814. The molecule has 0 radical (unpaired) electrons. The minimum Gasteiger partial charge on any atom is -0.436 e. The molecule has 0 aliphatic carbocycles. The van der Waals surface area contributed by atoms with E-state index < -0.39 is 10.7 Å². The summed E-state index contributed by atoms with van der Waals surface area (Å²) in [6.07, 6.45) is 0. The molecule has 2 aromatic carbocycles. The Morgan fingerprint density at radius 3 is 2.47 bits per heavy atom. The van der Waals surface area contributed by atoms with Gasteiger partial charge in [0.2, 0.25) is 5.89 Å². The number of oxazole rings is 1. The molecule has 0 saturated heterocycles. The maximum atomic E-state index is 12.8. The Kier molecular flexibility index (Phi) is 2.79. The third-order valence-corrected chi connectivity index (χ3v) is 3.37. The second-order valence-corrected chi connectivity index (χ2v) is 4.97. The van der Waals surface area contributed by atoms with Crippen molar-refractivity contribution in [1.82, 2.24) is 4.98 Å². The first-order valence-electron chi connectivity index (χ1n) is 5.44. The first-order valence-corrected chi connectivity index (χ1v) is 6.62. The number of rotatable bonds is 2. The van der Waals surface area contributed by atoms with Crippen LogP contribution < -0.4 is 0 Å². The summed E-state index contributed by atoms with van der Waals surface area (Å²) in [4.78, 5) is 4.38. The van der Waals surface area contributed by atoms with Gasteiger partial charge < -0.3 is 4.42 Å². The molecule has 3 aromatic rings. The van der Waals surface area contributed by atoms with Crippen LogP contribution in [0.5, 0.6) is 0 Å². The topological polar surface area (TPSA) is 60.2 Å². The van der Waals surface area contributed by atoms with Gasteiger partial charge in [-0.1, -0.05) is 0 Å². The molecule has 0 atom stereocenters. The number of nitrogens with zero attached hydrogens (tertiary/aromatic N) is 1. The van der Waals surface area contributed by atoms with E-state index in [1.165, 1.54) is 24.3 Å². The van der Waals surface area contributed by atoms with Gasteiger partial charge in [-0.25, -0.2) is 17.8 Å². The zero-order chi connectivity index (χ0) is 13.4. The lowest BCUT2D eigenvalue weighted by atomic mass is 10.2. The standard InChI is InChI=1S/C13H8FNO3S/c14-9-3-1-8(2-4-9)13-15-11-7-10(19(16)17)5-6-12(11)18-13/h1-7,19H. The van der Waals surface area contributed by atoms with Crippen LogP contribution in [0.2, 0.25) is 0 Å². The van der Waals surface area contributed by atoms with E-state index in [4.69, 9.17) is 4.42 Å². The minimum atomic E-state index is -2.65. The van der Waals surface area contributed by atoms with Gasteiger partial charge in [-0.3, -0.25) is 0 Å². The van der Waals surface area contributed by atoms with Crippen molar-refractivity contribution in [3.63, 3.8) is 0 Å². The summed E-state index contributed by atoms with van der Waals surface area (Å²) in [5, 5.41) is 0. The summed E-state index contributed by atoms with van der Waals surface area (Å²) in [6, 6.07) is 10.2. The lowest BCUT2D eigenvalue weighted by molar-refractivity contribution is 0.614. The molecule has 6 heteroatoms. The van der Waals surface area contributed by atoms with E-state index in [-0.39, 0.29) is 10.7 Å². The van der Waals surface area contributed by atoms with Crippen molar-refractivity contribution < 1.29 is 17.2 Å². The molecular weight excluding hydrogens is 269 g/mol. The Hall–Kier alpha value is -2.21. The van der Waals surface area contributed by atoms with E-state index in [0.717, 1.165) is 0 Å². The van der Waals surface area contributed by atoms with Crippen molar-refractivity contribution in [3.05, 3.63) is 48.3 Å². The maximum Gasteiger partial charge on any atom is 0.227 e. The minimum absolute atomic E-state index is 0.182. The van der Waals surface area contributed by atoms with E-state index in [2.05, 4.69) is 4.98 Å². The second-order valence-electron chi connectivity index (χ2n) is 3.94. The lowest BCUT2D eigenvalue weighted by Crippen LogP contribution is -1.80. The Balaban J connectivity index is 2.13. The highest BCUT2D eigenvalue weighted by molar-refractivity contribution is 7.72. The fourth-order valence-corrected chi connectivity index (χ4v) is 2.17. The van der Waals surface area contributed by atoms with Gasteiger partial charge in [0.1, 0.15) is 11.3 Å². The number of thiol groups is 1. The molecule has 0 bridgehead atoms. The van der Waals surface area contributed by atoms with Crippen molar-refractivity contribution in [3.8, 4) is 11.5 Å². The molecule has 0 spiro atoms. The molecule has 0 saturated carbocycles. The van der Waals surface area contributed by atoms with Crippen molar-refractivity contribution in [2.24, 2.45) is 0 Å². The molecule has 1 aromatic heterocycles. The van der Waals surface area contributed by atoms with Crippen LogP contribution in [-0.4, -0.2) is 13.4 Å². The van der Waals surface area contributed by atoms with Gasteiger partial charge in [0, 0.05) is 5.56 Å². The van der Waals surface area contributed by atoms with Crippen LogP contribution in [0, 0.1) is 5.82 Å². The Morgan fingerprint density at radius 1 is 1.05 bits per heavy atom. The number of hydrogen-bond acceptors (Lipinski definition) is 4. The summed E-state index contributed by atoms with van der Waals surface area (Å²) in [6.45, 7) is 0. The molecule has 0 aliphatic heterocycles. The zero-order valence-corrected chi connectivity index (χ0v) is 10.4. The fourth-order valence-electron chi connectivity index (χ4n) is 1.75. The number of fused-ring (bicyclic) bond motifs is 1. The first-order chi connectivity index (χ1) is 9.13. The Labute approximate surface area is 109 Å². The normalized spacial score (nSPS) is 11.3. The summed E-state index contributed by atoms with van der Waals surface area (Å²) >= 11 is 0. The zero-order valence-electron chi connectivity index (χ0n) is 9.54. The first kappa shape index (κ1) is 11.9. The number of benzene rings is 2. The molecule has 0 N–H and O–H groups in total. The molecule has 0 amide bonds. The van der Waals surface area contributed by atoms with E-state index in [9.17, 15) is 12.8 Å². The number of halogens is 1. The molecule has 0 aliphatic rings. The highest BCUT2D eigenvalue weighted by atomic mass is 32.2. The van der Waals surface area contributed by atoms with Crippen molar-refractivity contribution in [1.29, 1.82) is 0 Å². The third kappa shape index (κ3) is 2.22. The van der Waals surface area contributed by atoms with Gasteiger partial charge in [-0.2, -0.15) is 0 Å². The van der Waals surface area contributed by atoms with Crippen LogP contribution in [0.4, 0.5) is 4.39 Å². The van der Waals surface area contributed by atoms with Crippen molar-refractivity contribution in [2.45, 2.75) is 4.90 Å². The van der Waals surface area contributed by atoms with Gasteiger partial charge >= 0.3 is 0 Å². The van der Waals surface area contributed by atoms with Crippen LogP contribution in [0.15, 0.2) is 51.8 Å². The average molecular weight is 277 g/mol. The van der Waals surface area contributed by atoms with Crippen LogP contribution in [0.3, 0.4) is 0 Å². The second kappa shape index (κ2) is 4.47. The SMILES string of the molecule is O=[SH](=O)c1ccc2oc(-c3ccc(F)cc3)nc2c1. The summed E-state index contributed by atoms with van der Waals surface area (Å²) in [5.74, 6) is -0.0150. The quantitative estimate of drug-likeness (QED) is 0.731. The summed E-state index contributed by atoms with van der Waals surface area (Å²) in [7, 11) is -2.65. The fraction of sp³-hybridized carbons (Fsp3) is 0. The molecule has 3 rings (SSSR count). The lowest BCUT2D eigenvalue weighted by Gasteiger charge is -1.93. The summed E-state index contributed by atoms with van der Waals surface area (Å²) in [5.41, 5.74) is 1.57. The van der Waals surface area contributed by atoms with E-state index >= 15 is 0 Å². The molecule has 19 heavy (non-hydrogen) atoms. The maximum absolute atomic E-state index is 12.8. The number of aromatic nitrogens is 1. The van der Waals surface area contributed by atoms with Gasteiger partial charge in [-0.05, 0) is 42.5 Å². The molecule has 0 fully saturated rings. The molecule has 1 heterocycles.